The summed E-state index contributed by atoms with van der Waals surface area (Å²) in [6.07, 6.45) is 1.72. The average molecular weight is 527 g/mol. The molecular formula is C22H16BrCl3N2O2. The minimum atomic E-state index is -0.228. The first-order valence-corrected chi connectivity index (χ1v) is 10.8. The highest BCUT2D eigenvalue weighted by molar-refractivity contribution is 9.10. The first kappa shape index (κ1) is 22.6. The number of halogens is 4. The van der Waals surface area contributed by atoms with E-state index in [1.54, 1.807) is 30.3 Å². The van der Waals surface area contributed by atoms with Crippen LogP contribution in [-0.2, 0) is 17.8 Å². The van der Waals surface area contributed by atoms with Crippen molar-refractivity contribution in [1.29, 1.82) is 0 Å². The fraction of sp³-hybridized carbons (Fsp3) is 0.0909. The molecule has 0 saturated heterocycles. The molecule has 0 spiro atoms. The number of amides is 1. The van der Waals surface area contributed by atoms with Crippen molar-refractivity contribution in [3.63, 3.8) is 0 Å². The second-order valence-electron chi connectivity index (χ2n) is 6.32. The van der Waals surface area contributed by atoms with Gasteiger partial charge in [-0.2, -0.15) is 5.10 Å². The summed E-state index contributed by atoms with van der Waals surface area (Å²) < 4.78 is 6.83. The molecule has 1 amide bonds. The lowest BCUT2D eigenvalue weighted by molar-refractivity contribution is -0.120. The maximum Gasteiger partial charge on any atom is 0.244 e. The number of carbonyl (C=O) groups excluding carboxylic acids is 1. The summed E-state index contributed by atoms with van der Waals surface area (Å²) in [4.78, 5) is 12.1. The van der Waals surface area contributed by atoms with Crippen LogP contribution in [0.5, 0.6) is 5.75 Å². The van der Waals surface area contributed by atoms with Crippen LogP contribution in [-0.4, -0.2) is 12.1 Å². The molecule has 0 fully saturated rings. The van der Waals surface area contributed by atoms with E-state index in [-0.39, 0.29) is 18.9 Å². The van der Waals surface area contributed by atoms with Crippen LogP contribution in [0.15, 0.2) is 70.2 Å². The van der Waals surface area contributed by atoms with E-state index < -0.39 is 0 Å². The zero-order valence-electron chi connectivity index (χ0n) is 15.5. The average Bonchev–Trinajstić information content (AvgIpc) is 2.71. The van der Waals surface area contributed by atoms with Gasteiger partial charge in [-0.05, 0) is 53.6 Å². The van der Waals surface area contributed by atoms with Crippen LogP contribution < -0.4 is 10.2 Å². The van der Waals surface area contributed by atoms with Crippen molar-refractivity contribution in [2.24, 2.45) is 5.10 Å². The predicted molar refractivity (Wildman–Crippen MR) is 126 cm³/mol. The van der Waals surface area contributed by atoms with Crippen LogP contribution in [0, 0.1) is 0 Å². The number of rotatable bonds is 7. The van der Waals surface area contributed by atoms with Crippen molar-refractivity contribution in [3.8, 4) is 5.75 Å². The summed E-state index contributed by atoms with van der Waals surface area (Å²) in [6.45, 7) is 0.287. The molecule has 30 heavy (non-hydrogen) atoms. The number of hydrazone groups is 1. The standard InChI is InChI=1S/C22H16BrCl3N2O2/c23-17-4-1-14(2-5-17)10-22(29)28-27-12-16-11-18(24)6-8-21(16)30-13-15-3-7-19(25)20(26)9-15/h1-9,11-12H,10,13H2,(H,28,29)/b27-12-. The molecule has 154 valence electrons. The zero-order chi connectivity index (χ0) is 21.5. The van der Waals surface area contributed by atoms with Crippen molar-refractivity contribution in [3.05, 3.63) is 96.9 Å². The summed E-state index contributed by atoms with van der Waals surface area (Å²) in [5, 5.41) is 5.50. The Labute approximate surface area is 197 Å². The van der Waals surface area contributed by atoms with E-state index in [0.29, 0.717) is 26.4 Å². The Morgan fingerprint density at radius 3 is 2.43 bits per heavy atom. The molecule has 3 aromatic rings. The summed E-state index contributed by atoms with van der Waals surface area (Å²) in [5.41, 5.74) is 4.90. The van der Waals surface area contributed by atoms with E-state index in [1.165, 1.54) is 6.21 Å². The fourth-order valence-electron chi connectivity index (χ4n) is 2.54. The first-order chi connectivity index (χ1) is 14.4. The quantitative estimate of drug-likeness (QED) is 0.276. The van der Waals surface area contributed by atoms with Crippen molar-refractivity contribution in [1.82, 2.24) is 5.43 Å². The van der Waals surface area contributed by atoms with Gasteiger partial charge in [-0.3, -0.25) is 4.79 Å². The lowest BCUT2D eigenvalue weighted by Crippen LogP contribution is -2.19. The third-order valence-electron chi connectivity index (χ3n) is 4.02. The van der Waals surface area contributed by atoms with E-state index in [4.69, 9.17) is 39.5 Å². The maximum absolute atomic E-state index is 12.1. The van der Waals surface area contributed by atoms with Gasteiger partial charge in [-0.15, -0.1) is 0 Å². The highest BCUT2D eigenvalue weighted by Crippen LogP contribution is 2.25. The smallest absolute Gasteiger partial charge is 0.244 e. The number of carbonyl (C=O) groups is 1. The van der Waals surface area contributed by atoms with Crippen molar-refractivity contribution in [2.45, 2.75) is 13.0 Å². The molecule has 0 aliphatic rings. The zero-order valence-corrected chi connectivity index (χ0v) is 19.4. The molecule has 3 aromatic carbocycles. The SMILES string of the molecule is O=C(Cc1ccc(Br)cc1)N/N=C\c1cc(Cl)ccc1OCc1ccc(Cl)c(Cl)c1. The van der Waals surface area contributed by atoms with Crippen molar-refractivity contribution in [2.75, 3.05) is 0 Å². The fourth-order valence-corrected chi connectivity index (χ4v) is 3.31. The normalized spacial score (nSPS) is 10.9. The minimum Gasteiger partial charge on any atom is -0.488 e. The molecule has 0 radical (unpaired) electrons. The van der Waals surface area contributed by atoms with Crippen LogP contribution in [0.25, 0.3) is 0 Å². The van der Waals surface area contributed by atoms with Crippen LogP contribution >= 0.6 is 50.7 Å². The predicted octanol–water partition coefficient (Wildman–Crippen LogP) is 6.68. The molecule has 0 saturated carbocycles. The van der Waals surface area contributed by atoms with Crippen molar-refractivity contribution >= 4 is 62.9 Å². The van der Waals surface area contributed by atoms with Gasteiger partial charge < -0.3 is 4.74 Å². The Morgan fingerprint density at radius 1 is 0.967 bits per heavy atom. The van der Waals surface area contributed by atoms with Gasteiger partial charge >= 0.3 is 0 Å². The van der Waals surface area contributed by atoms with E-state index in [2.05, 4.69) is 26.5 Å². The molecule has 8 heteroatoms. The Kier molecular flexibility index (Phi) is 8.16. The van der Waals surface area contributed by atoms with Gasteiger partial charge in [0, 0.05) is 15.1 Å². The van der Waals surface area contributed by atoms with Gasteiger partial charge in [-0.25, -0.2) is 5.43 Å². The number of hydrogen-bond donors (Lipinski definition) is 1. The molecule has 3 rings (SSSR count). The molecule has 0 aliphatic carbocycles. The molecule has 0 bridgehead atoms. The lowest BCUT2D eigenvalue weighted by Gasteiger charge is -2.10. The number of ether oxygens (including phenoxy) is 1. The monoisotopic (exact) mass is 524 g/mol. The van der Waals surface area contributed by atoms with Gasteiger partial charge in [0.1, 0.15) is 12.4 Å². The van der Waals surface area contributed by atoms with Gasteiger partial charge in [0.2, 0.25) is 5.91 Å². The topological polar surface area (TPSA) is 50.7 Å². The number of nitrogens with zero attached hydrogens (tertiary/aromatic N) is 1. The van der Waals surface area contributed by atoms with Gasteiger partial charge in [0.05, 0.1) is 22.7 Å². The Morgan fingerprint density at radius 2 is 1.70 bits per heavy atom. The molecule has 0 aliphatic heterocycles. The largest absolute Gasteiger partial charge is 0.488 e. The Balaban J connectivity index is 1.63. The molecule has 1 N–H and O–H groups in total. The molecular weight excluding hydrogens is 511 g/mol. The second-order valence-corrected chi connectivity index (χ2v) is 8.48. The minimum absolute atomic E-state index is 0.223. The summed E-state index contributed by atoms with van der Waals surface area (Å²) in [6, 6.07) is 18.0. The van der Waals surface area contributed by atoms with Crippen LogP contribution in [0.2, 0.25) is 15.1 Å². The van der Waals surface area contributed by atoms with E-state index in [1.807, 2.05) is 30.3 Å². The van der Waals surface area contributed by atoms with Gasteiger partial charge in [0.15, 0.2) is 0 Å². The Hall–Kier alpha value is -2.05. The molecule has 0 heterocycles. The molecule has 0 atom stereocenters. The summed E-state index contributed by atoms with van der Waals surface area (Å²) >= 11 is 21.4. The van der Waals surface area contributed by atoms with Crippen LogP contribution in [0.3, 0.4) is 0 Å². The van der Waals surface area contributed by atoms with E-state index >= 15 is 0 Å². The molecule has 0 unspecified atom stereocenters. The number of benzene rings is 3. The van der Waals surface area contributed by atoms with E-state index in [0.717, 1.165) is 15.6 Å². The van der Waals surface area contributed by atoms with E-state index in [9.17, 15) is 4.79 Å². The lowest BCUT2D eigenvalue weighted by atomic mass is 10.1. The van der Waals surface area contributed by atoms with Gasteiger partial charge in [-0.1, -0.05) is 68.9 Å². The van der Waals surface area contributed by atoms with Gasteiger partial charge in [0.25, 0.3) is 0 Å². The number of nitrogens with one attached hydrogen (secondary N) is 1. The highest BCUT2D eigenvalue weighted by Gasteiger charge is 2.06. The third kappa shape index (κ3) is 6.74. The van der Waals surface area contributed by atoms with Crippen LogP contribution in [0.4, 0.5) is 0 Å². The summed E-state index contributed by atoms with van der Waals surface area (Å²) in [7, 11) is 0. The second kappa shape index (κ2) is 10.8. The third-order valence-corrected chi connectivity index (χ3v) is 5.52. The molecule has 0 aromatic heterocycles. The highest BCUT2D eigenvalue weighted by atomic mass is 79.9. The first-order valence-electron chi connectivity index (χ1n) is 8.83. The van der Waals surface area contributed by atoms with Crippen LogP contribution in [0.1, 0.15) is 16.7 Å². The Bertz CT molecular complexity index is 1070. The molecule has 4 nitrogen and oxygen atoms in total. The number of hydrogen-bond acceptors (Lipinski definition) is 3. The summed E-state index contributed by atoms with van der Waals surface area (Å²) in [5.74, 6) is 0.338. The maximum atomic E-state index is 12.1. The van der Waals surface area contributed by atoms with Crippen molar-refractivity contribution < 1.29 is 9.53 Å².